The van der Waals surface area contributed by atoms with E-state index in [-0.39, 0.29) is 11.7 Å². The number of tetrazole rings is 1. The Balaban J connectivity index is 1.65. The molecule has 1 heterocycles. The van der Waals surface area contributed by atoms with Crippen LogP contribution < -0.4 is 5.32 Å². The van der Waals surface area contributed by atoms with Crippen LogP contribution in [0.1, 0.15) is 36.5 Å². The Hall–Kier alpha value is -2.67. The van der Waals surface area contributed by atoms with Crippen molar-refractivity contribution >= 4 is 23.4 Å². The van der Waals surface area contributed by atoms with E-state index in [4.69, 9.17) is 0 Å². The first-order valence-corrected chi connectivity index (χ1v) is 9.80. The predicted molar refractivity (Wildman–Crippen MR) is 109 cm³/mol. The van der Waals surface area contributed by atoms with Crippen molar-refractivity contribution in [3.8, 4) is 5.69 Å². The van der Waals surface area contributed by atoms with Gasteiger partial charge in [0.15, 0.2) is 0 Å². The molecule has 0 radical (unpaired) electrons. The Morgan fingerprint density at radius 2 is 1.78 bits per heavy atom. The number of carbonyl (C=O) groups excluding carboxylic acids is 1. The Morgan fingerprint density at radius 1 is 1.11 bits per heavy atom. The molecule has 0 saturated carbocycles. The second-order valence-corrected chi connectivity index (χ2v) is 7.78. The quantitative estimate of drug-likeness (QED) is 0.650. The minimum Gasteiger partial charge on any atom is -0.325 e. The number of thioether (sulfide) groups is 1. The van der Waals surface area contributed by atoms with Crippen LogP contribution in [0.25, 0.3) is 5.69 Å². The zero-order chi connectivity index (χ0) is 19.4. The van der Waals surface area contributed by atoms with Gasteiger partial charge in [-0.2, -0.15) is 4.68 Å². The third kappa shape index (κ3) is 4.95. The first-order valence-electron chi connectivity index (χ1n) is 8.82. The lowest BCUT2D eigenvalue weighted by Gasteiger charge is -2.09. The van der Waals surface area contributed by atoms with Crippen molar-refractivity contribution in [1.82, 2.24) is 20.2 Å². The SMILES string of the molecule is Cc1cc(C)cc(NC(=O)CSc2nnnn2-c2ccc(C(C)C)cc2)c1. The number of nitrogens with one attached hydrogen (secondary N) is 1. The van der Waals surface area contributed by atoms with Crippen LogP contribution >= 0.6 is 11.8 Å². The van der Waals surface area contributed by atoms with E-state index in [0.717, 1.165) is 22.5 Å². The maximum Gasteiger partial charge on any atom is 0.234 e. The lowest BCUT2D eigenvalue weighted by Crippen LogP contribution is -2.14. The maximum atomic E-state index is 12.3. The van der Waals surface area contributed by atoms with Gasteiger partial charge < -0.3 is 5.32 Å². The lowest BCUT2D eigenvalue weighted by atomic mass is 10.0. The third-order valence-corrected chi connectivity index (χ3v) is 5.00. The maximum absolute atomic E-state index is 12.3. The Kier molecular flexibility index (Phi) is 5.91. The summed E-state index contributed by atoms with van der Waals surface area (Å²) >= 11 is 1.31. The molecule has 3 aromatic rings. The van der Waals surface area contributed by atoms with Crippen LogP contribution in [0.4, 0.5) is 5.69 Å². The molecule has 0 unspecified atom stereocenters. The van der Waals surface area contributed by atoms with Gasteiger partial charge in [0.2, 0.25) is 11.1 Å². The molecule has 27 heavy (non-hydrogen) atoms. The summed E-state index contributed by atoms with van der Waals surface area (Å²) in [5, 5.41) is 15.4. The molecular formula is C20H23N5OS. The number of hydrogen-bond donors (Lipinski definition) is 1. The number of aromatic nitrogens is 4. The highest BCUT2D eigenvalue weighted by atomic mass is 32.2. The number of aryl methyl sites for hydroxylation is 2. The number of rotatable bonds is 6. The van der Waals surface area contributed by atoms with E-state index in [2.05, 4.69) is 52.9 Å². The zero-order valence-electron chi connectivity index (χ0n) is 15.9. The number of amides is 1. The summed E-state index contributed by atoms with van der Waals surface area (Å²) in [4.78, 5) is 12.3. The molecule has 0 bridgehead atoms. The first kappa shape index (κ1) is 19.1. The minimum atomic E-state index is -0.0882. The van der Waals surface area contributed by atoms with Crippen LogP contribution in [0.15, 0.2) is 47.6 Å². The largest absolute Gasteiger partial charge is 0.325 e. The van der Waals surface area contributed by atoms with Crippen LogP contribution in [0.5, 0.6) is 0 Å². The Morgan fingerprint density at radius 3 is 2.41 bits per heavy atom. The molecule has 0 fully saturated rings. The van der Waals surface area contributed by atoms with Crippen LogP contribution in [0, 0.1) is 13.8 Å². The summed E-state index contributed by atoms with van der Waals surface area (Å²) in [5.41, 5.74) is 5.18. The summed E-state index contributed by atoms with van der Waals surface area (Å²) in [5.74, 6) is 0.614. The third-order valence-electron chi connectivity index (χ3n) is 4.08. The fourth-order valence-corrected chi connectivity index (χ4v) is 3.50. The molecule has 1 N–H and O–H groups in total. The van der Waals surface area contributed by atoms with E-state index in [1.54, 1.807) is 4.68 Å². The normalized spacial score (nSPS) is 11.0. The molecule has 0 aliphatic rings. The molecule has 7 heteroatoms. The van der Waals surface area contributed by atoms with Crippen LogP contribution in [0.2, 0.25) is 0 Å². The van der Waals surface area contributed by atoms with Crippen molar-refractivity contribution in [2.75, 3.05) is 11.1 Å². The Bertz CT molecular complexity index is 914. The van der Waals surface area contributed by atoms with Gasteiger partial charge in [-0.25, -0.2) is 0 Å². The first-order chi connectivity index (χ1) is 12.9. The second kappa shape index (κ2) is 8.35. The summed E-state index contributed by atoms with van der Waals surface area (Å²) in [7, 11) is 0. The topological polar surface area (TPSA) is 72.7 Å². The molecule has 0 spiro atoms. The number of nitrogens with zero attached hydrogens (tertiary/aromatic N) is 4. The molecule has 0 aliphatic carbocycles. The van der Waals surface area contributed by atoms with Gasteiger partial charge in [0, 0.05) is 5.69 Å². The van der Waals surface area contributed by atoms with Crippen LogP contribution in [-0.4, -0.2) is 31.9 Å². The summed E-state index contributed by atoms with van der Waals surface area (Å²) < 4.78 is 1.65. The highest BCUT2D eigenvalue weighted by Crippen LogP contribution is 2.21. The summed E-state index contributed by atoms with van der Waals surface area (Å²) in [6, 6.07) is 14.1. The lowest BCUT2D eigenvalue weighted by molar-refractivity contribution is -0.113. The smallest absolute Gasteiger partial charge is 0.234 e. The molecule has 140 valence electrons. The highest BCUT2D eigenvalue weighted by Gasteiger charge is 2.12. The fraction of sp³-hybridized carbons (Fsp3) is 0.300. The molecule has 3 rings (SSSR count). The predicted octanol–water partition coefficient (Wildman–Crippen LogP) is 4.13. The van der Waals surface area contributed by atoms with E-state index in [1.165, 1.54) is 17.3 Å². The molecule has 2 aromatic carbocycles. The summed E-state index contributed by atoms with van der Waals surface area (Å²) in [6.07, 6.45) is 0. The zero-order valence-corrected chi connectivity index (χ0v) is 16.7. The van der Waals surface area contributed by atoms with Gasteiger partial charge in [0.05, 0.1) is 11.4 Å². The van der Waals surface area contributed by atoms with Crippen molar-refractivity contribution < 1.29 is 4.79 Å². The van der Waals surface area contributed by atoms with Gasteiger partial charge in [0.25, 0.3) is 0 Å². The van der Waals surface area contributed by atoms with Crippen molar-refractivity contribution in [1.29, 1.82) is 0 Å². The monoisotopic (exact) mass is 381 g/mol. The van der Waals surface area contributed by atoms with Gasteiger partial charge in [-0.3, -0.25) is 4.79 Å². The fourth-order valence-electron chi connectivity index (χ4n) is 2.81. The molecule has 1 aromatic heterocycles. The van der Waals surface area contributed by atoms with Gasteiger partial charge in [0.1, 0.15) is 0 Å². The van der Waals surface area contributed by atoms with E-state index in [1.807, 2.05) is 38.1 Å². The number of anilines is 1. The number of carbonyl (C=O) groups is 1. The molecule has 0 saturated heterocycles. The van der Waals surface area contributed by atoms with Crippen molar-refractivity contribution in [2.24, 2.45) is 0 Å². The van der Waals surface area contributed by atoms with E-state index in [9.17, 15) is 4.79 Å². The van der Waals surface area contributed by atoms with Gasteiger partial charge in [-0.15, -0.1) is 5.10 Å². The molecule has 0 aliphatic heterocycles. The Labute approximate surface area is 163 Å². The average Bonchev–Trinajstić information content (AvgIpc) is 3.07. The van der Waals surface area contributed by atoms with E-state index < -0.39 is 0 Å². The second-order valence-electron chi connectivity index (χ2n) is 6.83. The molecule has 0 atom stereocenters. The van der Waals surface area contributed by atoms with Gasteiger partial charge in [-0.1, -0.05) is 43.8 Å². The minimum absolute atomic E-state index is 0.0882. The van der Waals surface area contributed by atoms with Gasteiger partial charge in [-0.05, 0) is 71.1 Å². The van der Waals surface area contributed by atoms with Crippen molar-refractivity contribution in [3.05, 3.63) is 59.2 Å². The summed E-state index contributed by atoms with van der Waals surface area (Å²) in [6.45, 7) is 8.33. The van der Waals surface area contributed by atoms with Crippen LogP contribution in [0.3, 0.4) is 0 Å². The molecule has 6 nitrogen and oxygen atoms in total. The average molecular weight is 382 g/mol. The molecular weight excluding hydrogens is 358 g/mol. The number of benzene rings is 2. The molecule has 1 amide bonds. The number of hydrogen-bond acceptors (Lipinski definition) is 5. The standard InChI is InChI=1S/C20H23N5OS/c1-13(2)16-5-7-18(8-6-16)25-20(22-23-24-25)27-12-19(26)21-17-10-14(3)9-15(4)11-17/h5-11,13H,12H2,1-4H3,(H,21,26). The van der Waals surface area contributed by atoms with E-state index in [0.29, 0.717) is 11.1 Å². The van der Waals surface area contributed by atoms with Crippen LogP contribution in [-0.2, 0) is 4.79 Å². The van der Waals surface area contributed by atoms with Gasteiger partial charge >= 0.3 is 0 Å². The van der Waals surface area contributed by atoms with Crippen molar-refractivity contribution in [3.63, 3.8) is 0 Å². The van der Waals surface area contributed by atoms with Crippen molar-refractivity contribution in [2.45, 2.75) is 38.8 Å². The van der Waals surface area contributed by atoms with E-state index >= 15 is 0 Å². The highest BCUT2D eigenvalue weighted by molar-refractivity contribution is 7.99.